The first kappa shape index (κ1) is 16.4. The lowest BCUT2D eigenvalue weighted by Gasteiger charge is -2.37. The summed E-state index contributed by atoms with van der Waals surface area (Å²) in [5, 5.41) is 9.41. The third kappa shape index (κ3) is 4.74. The summed E-state index contributed by atoms with van der Waals surface area (Å²) in [7, 11) is -3.85. The Labute approximate surface area is 115 Å². The fourth-order valence-corrected chi connectivity index (χ4v) is 4.21. The summed E-state index contributed by atoms with van der Waals surface area (Å²) >= 11 is 0. The lowest BCUT2D eigenvalue weighted by Crippen LogP contribution is -2.61. The summed E-state index contributed by atoms with van der Waals surface area (Å²) in [6, 6.07) is 0. The normalized spacial score (nSPS) is 29.2. The number of hydrogen-bond donors (Lipinski definition) is 3. The lowest BCUT2D eigenvalue weighted by molar-refractivity contribution is -0.146. The maximum atomic E-state index is 12.0. The molecule has 1 saturated carbocycles. The van der Waals surface area contributed by atoms with E-state index in [-0.39, 0.29) is 5.92 Å². The summed E-state index contributed by atoms with van der Waals surface area (Å²) in [4.78, 5) is 11.5. The van der Waals surface area contributed by atoms with Gasteiger partial charge in [0.1, 0.15) is 5.54 Å². The Bertz CT molecular complexity index is 441. The molecule has 0 bridgehead atoms. The van der Waals surface area contributed by atoms with Crippen LogP contribution in [0.4, 0.5) is 0 Å². The van der Waals surface area contributed by atoms with Crippen LogP contribution in [0.3, 0.4) is 0 Å². The fraction of sp³-hybridized carbons (Fsp3) is 0.917. The van der Waals surface area contributed by atoms with Crippen LogP contribution in [0, 0.1) is 5.92 Å². The van der Waals surface area contributed by atoms with Crippen molar-refractivity contribution in [3.8, 4) is 0 Å². The highest BCUT2D eigenvalue weighted by molar-refractivity contribution is 7.87. The molecule has 0 aromatic rings. The van der Waals surface area contributed by atoms with Gasteiger partial charge in [0.15, 0.2) is 0 Å². The van der Waals surface area contributed by atoms with Crippen molar-refractivity contribution in [3.63, 3.8) is 0 Å². The van der Waals surface area contributed by atoms with Crippen LogP contribution >= 0.6 is 0 Å². The van der Waals surface area contributed by atoms with Gasteiger partial charge in [-0.3, -0.25) is 4.79 Å². The number of carboxylic acid groups (broad SMARTS) is 1. The Morgan fingerprint density at radius 3 is 2.37 bits per heavy atom. The number of aliphatic carboxylic acids is 1. The molecule has 1 fully saturated rings. The predicted molar refractivity (Wildman–Crippen MR) is 72.9 cm³/mol. The summed E-state index contributed by atoms with van der Waals surface area (Å²) in [5.41, 5.74) is -2.03. The van der Waals surface area contributed by atoms with Gasteiger partial charge in [-0.15, -0.1) is 0 Å². The Morgan fingerprint density at radius 2 is 1.95 bits per heavy atom. The molecule has 19 heavy (non-hydrogen) atoms. The molecule has 112 valence electrons. The summed E-state index contributed by atoms with van der Waals surface area (Å²) in [6.07, 6.45) is 2.31. The molecule has 2 unspecified atom stereocenters. The molecule has 3 N–H and O–H groups in total. The molecule has 0 aromatic heterocycles. The third-order valence-corrected chi connectivity index (χ3v) is 4.72. The van der Waals surface area contributed by atoms with Crippen molar-refractivity contribution >= 4 is 16.2 Å². The van der Waals surface area contributed by atoms with Gasteiger partial charge in [-0.05, 0) is 39.5 Å². The van der Waals surface area contributed by atoms with Crippen molar-refractivity contribution in [3.05, 3.63) is 0 Å². The van der Waals surface area contributed by atoms with Crippen LogP contribution in [0.5, 0.6) is 0 Å². The number of hydrogen-bond acceptors (Lipinski definition) is 3. The number of carboxylic acids is 1. The van der Waals surface area contributed by atoms with E-state index in [0.29, 0.717) is 19.3 Å². The largest absolute Gasteiger partial charge is 0.480 e. The Hall–Kier alpha value is -0.660. The molecule has 0 radical (unpaired) electrons. The van der Waals surface area contributed by atoms with Gasteiger partial charge < -0.3 is 5.11 Å². The van der Waals surface area contributed by atoms with Gasteiger partial charge in [0.05, 0.1) is 0 Å². The van der Waals surface area contributed by atoms with Crippen LogP contribution in [0.25, 0.3) is 0 Å². The molecule has 0 heterocycles. The van der Waals surface area contributed by atoms with Gasteiger partial charge in [0, 0.05) is 5.54 Å². The van der Waals surface area contributed by atoms with Crippen LogP contribution < -0.4 is 9.44 Å². The minimum absolute atomic E-state index is 0.196. The SMILES string of the molecule is CC1CCCC(NS(=O)(=O)NC(C)(C)C)(C(=O)O)C1. The Balaban J connectivity index is 2.94. The number of rotatable bonds is 4. The maximum Gasteiger partial charge on any atom is 0.324 e. The average molecular weight is 292 g/mol. The van der Waals surface area contributed by atoms with Crippen LogP contribution in [0.1, 0.15) is 53.4 Å². The molecule has 0 saturated heterocycles. The second-order valence-electron chi connectivity index (χ2n) is 6.55. The highest BCUT2D eigenvalue weighted by Gasteiger charge is 2.45. The monoisotopic (exact) mass is 292 g/mol. The predicted octanol–water partition coefficient (Wildman–Crippen LogP) is 1.24. The molecular weight excluding hydrogens is 268 g/mol. The summed E-state index contributed by atoms with van der Waals surface area (Å²) in [6.45, 7) is 7.08. The van der Waals surface area contributed by atoms with Gasteiger partial charge >= 0.3 is 5.97 Å². The molecule has 0 amide bonds. The second kappa shape index (κ2) is 5.38. The summed E-state index contributed by atoms with van der Waals surface area (Å²) < 4.78 is 28.9. The molecule has 2 atom stereocenters. The topological polar surface area (TPSA) is 95.5 Å². The Morgan fingerprint density at radius 1 is 1.37 bits per heavy atom. The summed E-state index contributed by atoms with van der Waals surface area (Å²) in [5.74, 6) is -0.902. The van der Waals surface area contributed by atoms with Gasteiger partial charge in [-0.25, -0.2) is 0 Å². The van der Waals surface area contributed by atoms with Crippen molar-refractivity contribution in [1.29, 1.82) is 0 Å². The zero-order valence-electron chi connectivity index (χ0n) is 12.0. The molecule has 1 rings (SSSR count). The molecule has 1 aliphatic carbocycles. The van der Waals surface area contributed by atoms with Gasteiger partial charge in [-0.1, -0.05) is 19.8 Å². The van der Waals surface area contributed by atoms with E-state index in [1.165, 1.54) is 0 Å². The molecule has 0 aromatic carbocycles. The second-order valence-corrected chi connectivity index (χ2v) is 7.96. The molecule has 0 spiro atoms. The lowest BCUT2D eigenvalue weighted by atomic mass is 9.77. The van der Waals surface area contributed by atoms with E-state index in [1.807, 2.05) is 6.92 Å². The van der Waals surface area contributed by atoms with Crippen molar-refractivity contribution in [2.45, 2.75) is 64.5 Å². The molecular formula is C12H24N2O4S. The number of carbonyl (C=O) groups is 1. The van der Waals surface area contributed by atoms with Crippen LogP contribution in [0.15, 0.2) is 0 Å². The zero-order valence-corrected chi connectivity index (χ0v) is 12.8. The smallest absolute Gasteiger partial charge is 0.324 e. The third-order valence-electron chi connectivity index (χ3n) is 3.18. The molecule has 1 aliphatic rings. The minimum Gasteiger partial charge on any atom is -0.480 e. The van der Waals surface area contributed by atoms with E-state index in [9.17, 15) is 18.3 Å². The van der Waals surface area contributed by atoms with Crippen molar-refractivity contribution in [2.75, 3.05) is 0 Å². The van der Waals surface area contributed by atoms with E-state index in [1.54, 1.807) is 20.8 Å². The first-order chi connectivity index (χ1) is 8.46. The standard InChI is InChI=1S/C12H24N2O4S/c1-9-6-5-7-12(8-9,10(15)16)14-19(17,18)13-11(2,3)4/h9,13-14H,5-8H2,1-4H3,(H,15,16). The minimum atomic E-state index is -3.85. The molecule has 7 heteroatoms. The van der Waals surface area contributed by atoms with E-state index >= 15 is 0 Å². The molecule has 6 nitrogen and oxygen atoms in total. The highest BCUT2D eigenvalue weighted by Crippen LogP contribution is 2.33. The average Bonchev–Trinajstić information content (AvgIpc) is 2.11. The van der Waals surface area contributed by atoms with Crippen LogP contribution in [0.2, 0.25) is 0 Å². The fourth-order valence-electron chi connectivity index (χ4n) is 2.57. The zero-order chi connectivity index (χ0) is 14.9. The number of nitrogens with one attached hydrogen (secondary N) is 2. The maximum absolute atomic E-state index is 12.0. The first-order valence-corrected chi connectivity index (χ1v) is 8.00. The van der Waals surface area contributed by atoms with Crippen LogP contribution in [-0.2, 0) is 15.0 Å². The van der Waals surface area contributed by atoms with Gasteiger partial charge in [0.2, 0.25) is 0 Å². The van der Waals surface area contributed by atoms with E-state index in [4.69, 9.17) is 0 Å². The van der Waals surface area contributed by atoms with E-state index in [0.717, 1.165) is 6.42 Å². The Kier molecular flexibility index (Phi) is 4.64. The first-order valence-electron chi connectivity index (χ1n) is 6.52. The van der Waals surface area contributed by atoms with Gasteiger partial charge in [-0.2, -0.15) is 17.9 Å². The highest BCUT2D eigenvalue weighted by atomic mass is 32.2. The van der Waals surface area contributed by atoms with Crippen molar-refractivity contribution < 1.29 is 18.3 Å². The van der Waals surface area contributed by atoms with Crippen molar-refractivity contribution in [2.24, 2.45) is 5.92 Å². The van der Waals surface area contributed by atoms with E-state index < -0.39 is 27.3 Å². The molecule has 0 aliphatic heterocycles. The van der Waals surface area contributed by atoms with E-state index in [2.05, 4.69) is 9.44 Å². The van der Waals surface area contributed by atoms with Gasteiger partial charge in [0.25, 0.3) is 10.2 Å². The quantitative estimate of drug-likeness (QED) is 0.726. The van der Waals surface area contributed by atoms with Crippen LogP contribution in [-0.4, -0.2) is 30.6 Å². The van der Waals surface area contributed by atoms with Crippen molar-refractivity contribution in [1.82, 2.24) is 9.44 Å².